The van der Waals surface area contributed by atoms with Gasteiger partial charge in [-0.05, 0) is 60.2 Å². The summed E-state index contributed by atoms with van der Waals surface area (Å²) in [4.78, 5) is 1.65. The van der Waals surface area contributed by atoms with Crippen LogP contribution in [0, 0.1) is 0 Å². The molecule has 0 aliphatic rings. The summed E-state index contributed by atoms with van der Waals surface area (Å²) in [5.74, 6) is 0.618. The summed E-state index contributed by atoms with van der Waals surface area (Å²) in [6.07, 6.45) is -1.03. The van der Waals surface area contributed by atoms with Gasteiger partial charge in [0.2, 0.25) is 0 Å². The van der Waals surface area contributed by atoms with E-state index in [2.05, 4.69) is 5.32 Å². The number of hydrogen-bond donors (Lipinski definition) is 2. The van der Waals surface area contributed by atoms with E-state index in [9.17, 15) is 5.11 Å². The third kappa shape index (κ3) is 5.42. The molecule has 0 bridgehead atoms. The van der Waals surface area contributed by atoms with E-state index in [0.29, 0.717) is 33.1 Å². The molecule has 0 spiro atoms. The fraction of sp³-hybridized carbons (Fsp3) is 0.107. The average Bonchev–Trinajstić information content (AvgIpc) is 3.26. The summed E-state index contributed by atoms with van der Waals surface area (Å²) in [6.45, 7) is 0.359. The minimum absolute atomic E-state index is 0.00963. The highest BCUT2D eigenvalue weighted by Crippen LogP contribution is 2.31. The van der Waals surface area contributed by atoms with Gasteiger partial charge in [0.1, 0.15) is 23.5 Å². The van der Waals surface area contributed by atoms with Crippen molar-refractivity contribution in [3.05, 3.63) is 107 Å². The molecule has 5 rings (SSSR count). The highest BCUT2D eigenvalue weighted by Gasteiger charge is 2.21. The Balaban J connectivity index is 1.34. The number of halogens is 2. The maximum Gasteiger partial charge on any atom is 0.175 e. The van der Waals surface area contributed by atoms with E-state index >= 15 is 0 Å². The second-order valence-corrected chi connectivity index (χ2v) is 9.45. The van der Waals surface area contributed by atoms with Gasteiger partial charge in [0, 0.05) is 22.3 Å². The lowest BCUT2D eigenvalue weighted by Gasteiger charge is -2.31. The molecule has 1 atom stereocenters. The summed E-state index contributed by atoms with van der Waals surface area (Å²) in [5.41, 5.74) is 3.17. The minimum atomic E-state index is -1.03. The van der Waals surface area contributed by atoms with Crippen LogP contribution >= 0.6 is 35.4 Å². The van der Waals surface area contributed by atoms with Gasteiger partial charge in [0.05, 0.1) is 10.7 Å². The summed E-state index contributed by atoms with van der Waals surface area (Å²) >= 11 is 18.0. The molecule has 0 unspecified atom stereocenters. The predicted molar refractivity (Wildman–Crippen MR) is 150 cm³/mol. The molecular weight excluding hydrogens is 515 g/mol. The smallest absolute Gasteiger partial charge is 0.175 e. The first kappa shape index (κ1) is 24.4. The Labute approximate surface area is 223 Å². The maximum atomic E-state index is 11.1. The van der Waals surface area contributed by atoms with Crippen LogP contribution in [0.4, 0.5) is 5.69 Å². The monoisotopic (exact) mass is 536 g/mol. The highest BCUT2D eigenvalue weighted by atomic mass is 35.5. The topological polar surface area (TPSA) is 57.9 Å². The lowest BCUT2D eigenvalue weighted by Crippen LogP contribution is -2.45. The molecule has 0 fully saturated rings. The number of aliphatic hydroxyl groups excluding tert-OH is 1. The van der Waals surface area contributed by atoms with Crippen LogP contribution in [0.1, 0.15) is 5.56 Å². The summed E-state index contributed by atoms with van der Waals surface area (Å²) in [5, 5.41) is 17.5. The number of nitrogens with one attached hydrogen (secondary N) is 1. The molecule has 0 aliphatic carbocycles. The largest absolute Gasteiger partial charge is 0.489 e. The molecule has 0 saturated heterocycles. The molecule has 0 radical (unpaired) electrons. The van der Waals surface area contributed by atoms with E-state index in [1.54, 1.807) is 23.1 Å². The van der Waals surface area contributed by atoms with Gasteiger partial charge in [-0.25, -0.2) is 0 Å². The Morgan fingerprint density at radius 1 is 0.917 bits per heavy atom. The van der Waals surface area contributed by atoms with Crippen LogP contribution < -0.4 is 10.1 Å². The Kier molecular flexibility index (Phi) is 7.30. The standard InChI is InChI=1S/C28H22Cl2N2O3S/c29-19-10-12-24(23(30)14-19)31-28(36)32(16-18-6-2-1-3-7-18)27(33)17-34-20-11-13-26-22(15-20)21-8-4-5-9-25(21)35-26/h1-15,27,33H,16-17H2,(H,31,36)/t27-/m1/s1. The SMILES string of the molecule is O[C@H](COc1ccc2oc3ccccc3c2c1)N(Cc1ccccc1)C(=S)Nc1ccc(Cl)cc1Cl. The second-order valence-electron chi connectivity index (χ2n) is 8.22. The predicted octanol–water partition coefficient (Wildman–Crippen LogP) is 7.49. The number of nitrogens with zero attached hydrogens (tertiary/aromatic N) is 1. The van der Waals surface area contributed by atoms with E-state index < -0.39 is 6.23 Å². The molecule has 5 nitrogen and oxygen atoms in total. The van der Waals surface area contributed by atoms with E-state index in [0.717, 1.165) is 27.5 Å². The van der Waals surface area contributed by atoms with Crippen LogP contribution in [-0.2, 0) is 6.54 Å². The van der Waals surface area contributed by atoms with Crippen molar-refractivity contribution in [2.24, 2.45) is 0 Å². The first-order valence-electron chi connectivity index (χ1n) is 11.3. The molecule has 1 heterocycles. The molecule has 5 aromatic rings. The number of para-hydroxylation sites is 1. The van der Waals surface area contributed by atoms with Crippen molar-refractivity contribution >= 4 is 68.2 Å². The van der Waals surface area contributed by atoms with Gasteiger partial charge >= 0.3 is 0 Å². The Hall–Kier alpha value is -3.29. The molecule has 8 heteroatoms. The van der Waals surface area contributed by atoms with Crippen LogP contribution in [-0.4, -0.2) is 28.0 Å². The van der Waals surface area contributed by atoms with Gasteiger partial charge in [0.15, 0.2) is 11.3 Å². The first-order valence-corrected chi connectivity index (χ1v) is 12.4. The van der Waals surface area contributed by atoms with Gasteiger partial charge in [-0.15, -0.1) is 0 Å². The van der Waals surface area contributed by atoms with E-state index in [1.165, 1.54) is 0 Å². The Bertz CT molecular complexity index is 1520. The maximum absolute atomic E-state index is 11.1. The molecule has 0 amide bonds. The fourth-order valence-corrected chi connectivity index (χ4v) is 4.68. The quantitative estimate of drug-likeness (QED) is 0.166. The number of benzene rings is 4. The Morgan fingerprint density at radius 2 is 1.67 bits per heavy atom. The van der Waals surface area contributed by atoms with E-state index in [-0.39, 0.29) is 6.61 Å². The minimum Gasteiger partial charge on any atom is -0.489 e. The average molecular weight is 537 g/mol. The van der Waals surface area contributed by atoms with E-state index in [4.69, 9.17) is 44.6 Å². The normalized spacial score (nSPS) is 12.0. The third-order valence-corrected chi connectivity index (χ3v) is 6.62. The van der Waals surface area contributed by atoms with Crippen molar-refractivity contribution in [2.45, 2.75) is 12.8 Å². The fourth-order valence-electron chi connectivity index (χ4n) is 3.93. The van der Waals surface area contributed by atoms with Crippen LogP contribution in [0.2, 0.25) is 10.0 Å². The van der Waals surface area contributed by atoms with Crippen LogP contribution in [0.25, 0.3) is 21.9 Å². The zero-order chi connectivity index (χ0) is 25.1. The second kappa shape index (κ2) is 10.8. The summed E-state index contributed by atoms with van der Waals surface area (Å²) in [6, 6.07) is 28.3. The first-order chi connectivity index (χ1) is 17.5. The number of ether oxygens (including phenoxy) is 1. The van der Waals surface area contributed by atoms with Crippen molar-refractivity contribution < 1.29 is 14.3 Å². The van der Waals surface area contributed by atoms with Gasteiger partial charge in [0.25, 0.3) is 0 Å². The summed E-state index contributed by atoms with van der Waals surface area (Å²) < 4.78 is 11.9. The molecule has 182 valence electrons. The molecular formula is C28H22Cl2N2O3S. The molecule has 36 heavy (non-hydrogen) atoms. The van der Waals surface area contributed by atoms with Crippen molar-refractivity contribution in [3.8, 4) is 5.75 Å². The van der Waals surface area contributed by atoms with Crippen molar-refractivity contribution in [2.75, 3.05) is 11.9 Å². The zero-order valence-corrected chi connectivity index (χ0v) is 21.4. The molecule has 0 aliphatic heterocycles. The van der Waals surface area contributed by atoms with Crippen LogP contribution in [0.15, 0.2) is 95.4 Å². The molecule has 4 aromatic carbocycles. The number of aliphatic hydroxyl groups is 1. The van der Waals surface area contributed by atoms with Gasteiger partial charge < -0.3 is 24.5 Å². The number of fused-ring (bicyclic) bond motifs is 3. The van der Waals surface area contributed by atoms with Gasteiger partial charge in [-0.1, -0.05) is 71.7 Å². The number of rotatable bonds is 7. The molecule has 2 N–H and O–H groups in total. The van der Waals surface area contributed by atoms with Crippen LogP contribution in [0.3, 0.4) is 0 Å². The third-order valence-electron chi connectivity index (χ3n) is 5.74. The highest BCUT2D eigenvalue weighted by molar-refractivity contribution is 7.80. The van der Waals surface area contributed by atoms with Crippen LogP contribution in [0.5, 0.6) is 5.75 Å². The number of furan rings is 1. The number of hydrogen-bond acceptors (Lipinski definition) is 4. The van der Waals surface area contributed by atoms with Crippen molar-refractivity contribution in [1.82, 2.24) is 4.90 Å². The van der Waals surface area contributed by atoms with Crippen molar-refractivity contribution in [1.29, 1.82) is 0 Å². The van der Waals surface area contributed by atoms with Gasteiger partial charge in [-0.2, -0.15) is 0 Å². The zero-order valence-electron chi connectivity index (χ0n) is 19.0. The molecule has 1 aromatic heterocycles. The Morgan fingerprint density at radius 3 is 2.47 bits per heavy atom. The van der Waals surface area contributed by atoms with Crippen molar-refractivity contribution in [3.63, 3.8) is 0 Å². The summed E-state index contributed by atoms with van der Waals surface area (Å²) in [7, 11) is 0. The lowest BCUT2D eigenvalue weighted by molar-refractivity contribution is 0.0101. The van der Waals surface area contributed by atoms with Gasteiger partial charge in [-0.3, -0.25) is 0 Å². The molecule has 0 saturated carbocycles. The number of thiocarbonyl (C=S) groups is 1. The number of anilines is 1. The lowest BCUT2D eigenvalue weighted by atomic mass is 10.1. The van der Waals surface area contributed by atoms with E-state index in [1.807, 2.05) is 72.8 Å².